The molecule has 2 aliphatic heterocycles. The number of imide groups is 1. The Bertz CT molecular complexity index is 537. The second-order valence-electron chi connectivity index (χ2n) is 5.10. The summed E-state index contributed by atoms with van der Waals surface area (Å²) in [6.07, 6.45) is 0.648. The number of nitrogens with zero attached hydrogens (tertiary/aromatic N) is 2. The van der Waals surface area contributed by atoms with Crippen LogP contribution in [0.25, 0.3) is 0 Å². The van der Waals surface area contributed by atoms with Gasteiger partial charge in [0, 0.05) is 12.2 Å². The Hall–Kier alpha value is -1.95. The van der Waals surface area contributed by atoms with Gasteiger partial charge in [-0.15, -0.1) is 0 Å². The summed E-state index contributed by atoms with van der Waals surface area (Å²) in [7, 11) is 0. The number of carbonyl (C=O) groups is 2. The Balaban J connectivity index is 1.82. The van der Waals surface area contributed by atoms with Crippen LogP contribution in [0.5, 0.6) is 0 Å². The molecule has 1 aromatic rings. The molecule has 2 fully saturated rings. The Morgan fingerprint density at radius 3 is 2.95 bits per heavy atom. The van der Waals surface area contributed by atoms with E-state index in [1.165, 1.54) is 4.90 Å². The molecule has 1 atom stereocenters. The molecule has 3 amide bonds. The van der Waals surface area contributed by atoms with Crippen molar-refractivity contribution >= 4 is 11.9 Å². The molecule has 2 N–H and O–H groups in total. The van der Waals surface area contributed by atoms with Gasteiger partial charge in [0.25, 0.3) is 5.91 Å². The zero-order chi connectivity index (χ0) is 13.5. The quantitative estimate of drug-likeness (QED) is 0.744. The molecule has 0 radical (unpaired) electrons. The van der Waals surface area contributed by atoms with Crippen LogP contribution in [0.15, 0.2) is 18.2 Å². The lowest BCUT2D eigenvalue weighted by atomic mass is 9.99. The number of carbonyl (C=O) groups excluding carboxylic acids is 2. The lowest BCUT2D eigenvalue weighted by molar-refractivity contribution is -0.131. The highest BCUT2D eigenvalue weighted by molar-refractivity contribution is 6.07. The lowest BCUT2D eigenvalue weighted by Crippen LogP contribution is -2.48. The van der Waals surface area contributed by atoms with Crippen LogP contribution in [0.2, 0.25) is 0 Å². The van der Waals surface area contributed by atoms with Crippen LogP contribution in [0.3, 0.4) is 0 Å². The monoisotopic (exact) mass is 260 g/mol. The first kappa shape index (κ1) is 12.1. The van der Waals surface area contributed by atoms with E-state index in [9.17, 15) is 9.59 Å². The van der Waals surface area contributed by atoms with Gasteiger partial charge in [0.05, 0.1) is 12.2 Å². The SMILES string of the molecule is Cc1cccc(CN2C(=O)NC3(CCNC3)C2=O)n1. The van der Waals surface area contributed by atoms with Crippen molar-refractivity contribution in [2.75, 3.05) is 13.1 Å². The second-order valence-corrected chi connectivity index (χ2v) is 5.10. The Labute approximate surface area is 111 Å². The number of aryl methyl sites for hydroxylation is 1. The summed E-state index contributed by atoms with van der Waals surface area (Å²) in [5.41, 5.74) is 0.870. The van der Waals surface area contributed by atoms with Crippen LogP contribution < -0.4 is 10.6 Å². The maximum atomic E-state index is 12.4. The second kappa shape index (κ2) is 4.31. The van der Waals surface area contributed by atoms with Crippen molar-refractivity contribution in [1.82, 2.24) is 20.5 Å². The van der Waals surface area contributed by atoms with Crippen molar-refractivity contribution in [2.45, 2.75) is 25.4 Å². The maximum absolute atomic E-state index is 12.4. The number of hydrogen-bond donors (Lipinski definition) is 2. The number of amides is 3. The molecule has 6 heteroatoms. The minimum Gasteiger partial charge on any atom is -0.322 e. The van der Waals surface area contributed by atoms with E-state index in [1.54, 1.807) is 0 Å². The van der Waals surface area contributed by atoms with Crippen LogP contribution in [0, 0.1) is 6.92 Å². The van der Waals surface area contributed by atoms with Crippen LogP contribution >= 0.6 is 0 Å². The fraction of sp³-hybridized carbons (Fsp3) is 0.462. The molecule has 0 bridgehead atoms. The predicted molar refractivity (Wildman–Crippen MR) is 68.3 cm³/mol. The molecule has 1 spiro atoms. The van der Waals surface area contributed by atoms with Crippen molar-refractivity contribution in [3.8, 4) is 0 Å². The number of hydrogen-bond acceptors (Lipinski definition) is 4. The fourth-order valence-electron chi connectivity index (χ4n) is 2.65. The highest BCUT2D eigenvalue weighted by Gasteiger charge is 2.52. The van der Waals surface area contributed by atoms with E-state index < -0.39 is 5.54 Å². The summed E-state index contributed by atoms with van der Waals surface area (Å²) in [6.45, 7) is 3.38. The average Bonchev–Trinajstić information content (AvgIpc) is 2.92. The number of aromatic nitrogens is 1. The van der Waals surface area contributed by atoms with Crippen LogP contribution in [0.1, 0.15) is 17.8 Å². The molecule has 19 heavy (non-hydrogen) atoms. The van der Waals surface area contributed by atoms with Crippen molar-refractivity contribution in [1.29, 1.82) is 0 Å². The number of nitrogens with one attached hydrogen (secondary N) is 2. The minimum absolute atomic E-state index is 0.147. The molecule has 0 saturated carbocycles. The van der Waals surface area contributed by atoms with Gasteiger partial charge in [-0.3, -0.25) is 14.7 Å². The van der Waals surface area contributed by atoms with Crippen molar-refractivity contribution in [2.24, 2.45) is 0 Å². The molecule has 2 saturated heterocycles. The van der Waals surface area contributed by atoms with E-state index in [-0.39, 0.29) is 18.5 Å². The summed E-state index contributed by atoms with van der Waals surface area (Å²) < 4.78 is 0. The molecule has 3 heterocycles. The fourth-order valence-corrected chi connectivity index (χ4v) is 2.65. The van der Waals surface area contributed by atoms with Gasteiger partial charge < -0.3 is 10.6 Å². The predicted octanol–water partition coefficient (Wildman–Crippen LogP) is 0.174. The van der Waals surface area contributed by atoms with Crippen LogP contribution in [-0.4, -0.2) is 40.5 Å². The van der Waals surface area contributed by atoms with Crippen molar-refractivity contribution in [3.05, 3.63) is 29.6 Å². The molecule has 0 aliphatic carbocycles. The van der Waals surface area contributed by atoms with E-state index >= 15 is 0 Å². The lowest BCUT2D eigenvalue weighted by Gasteiger charge is -2.19. The van der Waals surface area contributed by atoms with Gasteiger partial charge in [-0.2, -0.15) is 0 Å². The molecule has 100 valence electrons. The summed E-state index contributed by atoms with van der Waals surface area (Å²) in [5, 5.41) is 5.93. The van der Waals surface area contributed by atoms with E-state index in [1.807, 2.05) is 25.1 Å². The van der Waals surface area contributed by atoms with E-state index in [0.717, 1.165) is 17.9 Å². The van der Waals surface area contributed by atoms with E-state index in [2.05, 4.69) is 15.6 Å². The third-order valence-electron chi connectivity index (χ3n) is 3.67. The summed E-state index contributed by atoms with van der Waals surface area (Å²) in [5.74, 6) is -0.147. The molecule has 0 aromatic carbocycles. The third kappa shape index (κ3) is 1.98. The molecule has 3 rings (SSSR count). The van der Waals surface area contributed by atoms with Crippen molar-refractivity contribution < 1.29 is 9.59 Å². The van der Waals surface area contributed by atoms with Gasteiger partial charge in [-0.25, -0.2) is 4.79 Å². The smallest absolute Gasteiger partial charge is 0.322 e. The first-order chi connectivity index (χ1) is 9.11. The Morgan fingerprint density at radius 1 is 1.42 bits per heavy atom. The largest absolute Gasteiger partial charge is 0.325 e. The number of urea groups is 1. The average molecular weight is 260 g/mol. The number of pyridine rings is 1. The summed E-state index contributed by atoms with van der Waals surface area (Å²) in [6, 6.07) is 5.27. The molecular weight excluding hydrogens is 244 g/mol. The molecule has 1 aromatic heterocycles. The van der Waals surface area contributed by atoms with E-state index in [4.69, 9.17) is 0 Å². The Kier molecular flexibility index (Phi) is 2.74. The number of rotatable bonds is 2. The molecule has 2 aliphatic rings. The molecular formula is C13H16N4O2. The third-order valence-corrected chi connectivity index (χ3v) is 3.67. The normalized spacial score (nSPS) is 26.3. The minimum atomic E-state index is -0.735. The topological polar surface area (TPSA) is 74.3 Å². The maximum Gasteiger partial charge on any atom is 0.325 e. The summed E-state index contributed by atoms with van der Waals surface area (Å²) >= 11 is 0. The zero-order valence-corrected chi connectivity index (χ0v) is 10.8. The highest BCUT2D eigenvalue weighted by Crippen LogP contribution is 2.25. The first-order valence-corrected chi connectivity index (χ1v) is 6.38. The van der Waals surface area contributed by atoms with Crippen LogP contribution in [0.4, 0.5) is 4.79 Å². The van der Waals surface area contributed by atoms with Gasteiger partial charge >= 0.3 is 6.03 Å². The van der Waals surface area contributed by atoms with Crippen molar-refractivity contribution in [3.63, 3.8) is 0 Å². The molecule has 1 unspecified atom stereocenters. The van der Waals surface area contributed by atoms with Gasteiger partial charge in [-0.05, 0) is 32.0 Å². The zero-order valence-electron chi connectivity index (χ0n) is 10.8. The molecule has 6 nitrogen and oxygen atoms in total. The Morgan fingerprint density at radius 2 is 2.26 bits per heavy atom. The van der Waals surface area contributed by atoms with Crippen LogP contribution in [-0.2, 0) is 11.3 Å². The first-order valence-electron chi connectivity index (χ1n) is 6.38. The van der Waals surface area contributed by atoms with Gasteiger partial charge in [0.1, 0.15) is 5.54 Å². The highest BCUT2D eigenvalue weighted by atomic mass is 16.2. The standard InChI is InChI=1S/C13H16N4O2/c1-9-3-2-4-10(15-9)7-17-11(18)13(16-12(17)19)5-6-14-8-13/h2-4,14H,5-8H2,1H3,(H,16,19). The van der Waals surface area contributed by atoms with Gasteiger partial charge in [-0.1, -0.05) is 6.07 Å². The summed E-state index contributed by atoms with van der Waals surface area (Å²) in [4.78, 5) is 30.0. The van der Waals surface area contributed by atoms with Gasteiger partial charge in [0.2, 0.25) is 0 Å². The van der Waals surface area contributed by atoms with Gasteiger partial charge in [0.15, 0.2) is 0 Å². The van der Waals surface area contributed by atoms with E-state index in [0.29, 0.717) is 13.0 Å².